The van der Waals surface area contributed by atoms with Crippen molar-refractivity contribution in [1.82, 2.24) is 0 Å². The smallest absolute Gasteiger partial charge is 0.234 e. The third-order valence-corrected chi connectivity index (χ3v) is 4.37. The molecule has 0 aliphatic carbocycles. The number of thioether (sulfide) groups is 1. The Kier molecular flexibility index (Phi) is 4.99. The van der Waals surface area contributed by atoms with Crippen LogP contribution < -0.4 is 5.32 Å². The number of nitrogens with one attached hydrogen (secondary N) is 1. The van der Waals surface area contributed by atoms with Crippen molar-refractivity contribution >= 4 is 39.3 Å². The molecule has 0 radical (unpaired) electrons. The summed E-state index contributed by atoms with van der Waals surface area (Å²) in [5.41, 5.74) is 0.209. The van der Waals surface area contributed by atoms with Gasteiger partial charge in [0.1, 0.15) is 5.82 Å². The van der Waals surface area contributed by atoms with Gasteiger partial charge < -0.3 is 5.32 Å². The van der Waals surface area contributed by atoms with Gasteiger partial charge >= 0.3 is 0 Å². The van der Waals surface area contributed by atoms with E-state index >= 15 is 0 Å². The number of rotatable bonds is 4. The second-order valence-corrected chi connectivity index (χ2v) is 5.62. The van der Waals surface area contributed by atoms with Crippen LogP contribution in [-0.4, -0.2) is 11.7 Å². The molecule has 5 heteroatoms. The van der Waals surface area contributed by atoms with E-state index in [1.54, 1.807) is 12.1 Å². The van der Waals surface area contributed by atoms with Crippen LogP contribution >= 0.6 is 27.7 Å². The molecule has 0 aliphatic heterocycles. The molecule has 2 aromatic rings. The SMILES string of the molecule is O=C(CSc1ccccc1Br)Nc1ccccc1F. The Labute approximate surface area is 123 Å². The van der Waals surface area contributed by atoms with E-state index in [1.165, 1.54) is 23.9 Å². The number of carbonyl (C=O) groups excluding carboxylic acids is 1. The van der Waals surface area contributed by atoms with Crippen molar-refractivity contribution in [1.29, 1.82) is 0 Å². The summed E-state index contributed by atoms with van der Waals surface area (Å²) < 4.78 is 14.3. The predicted molar refractivity (Wildman–Crippen MR) is 79.9 cm³/mol. The highest BCUT2D eigenvalue weighted by Gasteiger charge is 2.08. The first-order valence-electron chi connectivity index (χ1n) is 5.58. The number of hydrogen-bond donors (Lipinski definition) is 1. The minimum Gasteiger partial charge on any atom is -0.323 e. The molecule has 1 amide bonds. The van der Waals surface area contributed by atoms with Gasteiger partial charge in [-0.15, -0.1) is 11.8 Å². The minimum absolute atomic E-state index is 0.209. The largest absolute Gasteiger partial charge is 0.323 e. The number of anilines is 1. The molecule has 2 nitrogen and oxygen atoms in total. The molecule has 0 unspecified atom stereocenters. The predicted octanol–water partition coefficient (Wildman–Crippen LogP) is 4.32. The Hall–Kier alpha value is -1.33. The first-order chi connectivity index (χ1) is 9.16. The molecule has 2 aromatic carbocycles. The Balaban J connectivity index is 1.92. The Morgan fingerprint density at radius 3 is 2.58 bits per heavy atom. The standard InChI is InChI=1S/C14H11BrFNOS/c15-10-5-1-4-8-13(10)19-9-14(18)17-12-7-3-2-6-11(12)16/h1-8H,9H2,(H,17,18). The Morgan fingerprint density at radius 1 is 1.16 bits per heavy atom. The highest BCUT2D eigenvalue weighted by Crippen LogP contribution is 2.27. The van der Waals surface area contributed by atoms with Crippen molar-refractivity contribution < 1.29 is 9.18 Å². The van der Waals surface area contributed by atoms with Gasteiger partial charge in [0, 0.05) is 9.37 Å². The Morgan fingerprint density at radius 2 is 1.84 bits per heavy atom. The topological polar surface area (TPSA) is 29.1 Å². The van der Waals surface area contributed by atoms with Gasteiger partial charge in [-0.25, -0.2) is 4.39 Å². The molecule has 2 rings (SSSR count). The van der Waals surface area contributed by atoms with Gasteiger partial charge in [0.05, 0.1) is 11.4 Å². The van der Waals surface area contributed by atoms with E-state index in [0.717, 1.165) is 9.37 Å². The van der Waals surface area contributed by atoms with Crippen LogP contribution in [0.2, 0.25) is 0 Å². The number of para-hydroxylation sites is 1. The quantitative estimate of drug-likeness (QED) is 0.840. The number of hydrogen-bond acceptors (Lipinski definition) is 2. The van der Waals surface area contributed by atoms with Crippen molar-refractivity contribution in [3.05, 3.63) is 58.8 Å². The van der Waals surface area contributed by atoms with Gasteiger partial charge in [-0.05, 0) is 40.2 Å². The summed E-state index contributed by atoms with van der Waals surface area (Å²) in [7, 11) is 0. The number of halogens is 2. The zero-order valence-electron chi connectivity index (χ0n) is 9.90. The zero-order valence-corrected chi connectivity index (χ0v) is 12.3. The zero-order chi connectivity index (χ0) is 13.7. The van der Waals surface area contributed by atoms with E-state index in [9.17, 15) is 9.18 Å². The molecule has 0 aliphatic rings. The van der Waals surface area contributed by atoms with Gasteiger partial charge in [-0.2, -0.15) is 0 Å². The Bertz CT molecular complexity index is 591. The molecule has 0 saturated heterocycles. The number of carbonyl (C=O) groups is 1. The molecule has 0 spiro atoms. The van der Waals surface area contributed by atoms with Crippen molar-refractivity contribution in [2.24, 2.45) is 0 Å². The van der Waals surface area contributed by atoms with E-state index in [2.05, 4.69) is 21.2 Å². The molecular weight excluding hydrogens is 329 g/mol. The van der Waals surface area contributed by atoms with Crippen LogP contribution in [0.3, 0.4) is 0 Å². The lowest BCUT2D eigenvalue weighted by molar-refractivity contribution is -0.113. The van der Waals surface area contributed by atoms with E-state index in [-0.39, 0.29) is 17.3 Å². The first-order valence-corrected chi connectivity index (χ1v) is 7.36. The van der Waals surface area contributed by atoms with Crippen LogP contribution in [0.1, 0.15) is 0 Å². The second-order valence-electron chi connectivity index (χ2n) is 3.75. The van der Waals surface area contributed by atoms with Crippen LogP contribution in [0.4, 0.5) is 10.1 Å². The summed E-state index contributed by atoms with van der Waals surface area (Å²) in [6, 6.07) is 13.8. The molecule has 1 N–H and O–H groups in total. The van der Waals surface area contributed by atoms with Crippen LogP contribution in [0.15, 0.2) is 57.9 Å². The fourth-order valence-electron chi connectivity index (χ4n) is 1.45. The second kappa shape index (κ2) is 6.73. The molecule has 98 valence electrons. The summed E-state index contributed by atoms with van der Waals surface area (Å²) >= 11 is 4.81. The van der Waals surface area contributed by atoms with E-state index in [1.807, 2.05) is 24.3 Å². The maximum Gasteiger partial charge on any atom is 0.234 e. The average Bonchev–Trinajstić information content (AvgIpc) is 2.40. The monoisotopic (exact) mass is 339 g/mol. The van der Waals surface area contributed by atoms with Crippen molar-refractivity contribution in [2.75, 3.05) is 11.1 Å². The summed E-state index contributed by atoms with van der Waals surface area (Å²) in [4.78, 5) is 12.7. The van der Waals surface area contributed by atoms with E-state index in [0.29, 0.717) is 0 Å². The third-order valence-electron chi connectivity index (χ3n) is 2.34. The molecule has 0 saturated carbocycles. The average molecular weight is 340 g/mol. The van der Waals surface area contributed by atoms with Crippen LogP contribution in [0.5, 0.6) is 0 Å². The molecular formula is C14H11BrFNOS. The fourth-order valence-corrected chi connectivity index (χ4v) is 2.82. The third kappa shape index (κ3) is 4.08. The van der Waals surface area contributed by atoms with Crippen LogP contribution in [0.25, 0.3) is 0 Å². The minimum atomic E-state index is -0.429. The van der Waals surface area contributed by atoms with Crippen molar-refractivity contribution in [3.8, 4) is 0 Å². The lowest BCUT2D eigenvalue weighted by Gasteiger charge is -2.06. The maximum atomic E-state index is 13.3. The van der Waals surface area contributed by atoms with E-state index < -0.39 is 5.82 Å². The van der Waals surface area contributed by atoms with Gasteiger partial charge in [0.2, 0.25) is 5.91 Å². The molecule has 0 bridgehead atoms. The van der Waals surface area contributed by atoms with E-state index in [4.69, 9.17) is 0 Å². The highest BCUT2D eigenvalue weighted by atomic mass is 79.9. The fraction of sp³-hybridized carbons (Fsp3) is 0.0714. The van der Waals surface area contributed by atoms with Crippen LogP contribution in [0, 0.1) is 5.82 Å². The molecule has 0 aromatic heterocycles. The maximum absolute atomic E-state index is 13.3. The summed E-state index contributed by atoms with van der Waals surface area (Å²) in [6.07, 6.45) is 0. The molecule has 0 heterocycles. The van der Waals surface area contributed by atoms with Crippen molar-refractivity contribution in [2.45, 2.75) is 4.90 Å². The van der Waals surface area contributed by atoms with Gasteiger partial charge in [-0.3, -0.25) is 4.79 Å². The van der Waals surface area contributed by atoms with Gasteiger partial charge in [0.15, 0.2) is 0 Å². The van der Waals surface area contributed by atoms with Gasteiger partial charge in [-0.1, -0.05) is 24.3 Å². The summed E-state index contributed by atoms with van der Waals surface area (Å²) in [5.74, 6) is -0.427. The number of benzene rings is 2. The molecule has 0 fully saturated rings. The summed E-state index contributed by atoms with van der Waals surface area (Å²) in [6.45, 7) is 0. The normalized spacial score (nSPS) is 10.2. The number of amides is 1. The van der Waals surface area contributed by atoms with Gasteiger partial charge in [0.25, 0.3) is 0 Å². The summed E-state index contributed by atoms with van der Waals surface area (Å²) in [5, 5.41) is 2.55. The molecule has 0 atom stereocenters. The lowest BCUT2D eigenvalue weighted by Crippen LogP contribution is -2.14. The van der Waals surface area contributed by atoms with Crippen LogP contribution in [-0.2, 0) is 4.79 Å². The van der Waals surface area contributed by atoms with Crippen molar-refractivity contribution in [3.63, 3.8) is 0 Å². The lowest BCUT2D eigenvalue weighted by atomic mass is 10.3. The highest BCUT2D eigenvalue weighted by molar-refractivity contribution is 9.10. The first kappa shape index (κ1) is 14.1. The molecule has 19 heavy (non-hydrogen) atoms.